The molecule has 1 amide bonds. The number of aromatic carboxylic acids is 1. The standard InChI is InChI=1S/C12H10F5NO3/c13-8-4-6(7(11(20)21)5-9(8)14)10(19)18-3-1-2-12(15,16)17/h4-5H,1-3H2,(H,18,19)(H,20,21). The molecule has 0 atom stereocenters. The number of carboxylic acids is 1. The number of carbonyl (C=O) groups excluding carboxylic acids is 1. The van der Waals surface area contributed by atoms with Gasteiger partial charge >= 0.3 is 12.1 Å². The molecule has 2 N–H and O–H groups in total. The second-order valence-corrected chi connectivity index (χ2v) is 4.09. The van der Waals surface area contributed by atoms with Crippen LogP contribution in [0, 0.1) is 11.6 Å². The molecule has 1 aromatic rings. The molecule has 0 unspecified atom stereocenters. The lowest BCUT2D eigenvalue weighted by Crippen LogP contribution is -2.27. The first-order valence-electron chi connectivity index (χ1n) is 5.69. The fraction of sp³-hybridized carbons (Fsp3) is 0.333. The molecule has 0 heterocycles. The van der Waals surface area contributed by atoms with E-state index >= 15 is 0 Å². The summed E-state index contributed by atoms with van der Waals surface area (Å²) in [5.74, 6) is -5.62. The summed E-state index contributed by atoms with van der Waals surface area (Å²) >= 11 is 0. The lowest BCUT2D eigenvalue weighted by Gasteiger charge is -2.09. The number of carbonyl (C=O) groups is 2. The van der Waals surface area contributed by atoms with Gasteiger partial charge in [-0.25, -0.2) is 13.6 Å². The normalized spacial score (nSPS) is 11.3. The first kappa shape index (κ1) is 16.9. The van der Waals surface area contributed by atoms with Crippen LogP contribution in [0.4, 0.5) is 22.0 Å². The Morgan fingerprint density at radius 1 is 1.10 bits per heavy atom. The van der Waals surface area contributed by atoms with E-state index in [1.807, 2.05) is 5.32 Å². The summed E-state index contributed by atoms with van der Waals surface area (Å²) in [5, 5.41) is 10.8. The lowest BCUT2D eigenvalue weighted by molar-refractivity contribution is -0.135. The molecular weight excluding hydrogens is 301 g/mol. The first-order valence-corrected chi connectivity index (χ1v) is 5.69. The number of amides is 1. The smallest absolute Gasteiger partial charge is 0.389 e. The Bertz CT molecular complexity index is 557. The average molecular weight is 311 g/mol. The molecule has 0 fully saturated rings. The highest BCUT2D eigenvalue weighted by atomic mass is 19.4. The summed E-state index contributed by atoms with van der Waals surface area (Å²) in [7, 11) is 0. The molecule has 116 valence electrons. The van der Waals surface area contributed by atoms with Crippen LogP contribution in [0.3, 0.4) is 0 Å². The summed E-state index contributed by atoms with van der Waals surface area (Å²) in [4.78, 5) is 22.4. The lowest BCUT2D eigenvalue weighted by atomic mass is 10.1. The molecule has 9 heteroatoms. The summed E-state index contributed by atoms with van der Waals surface area (Å²) < 4.78 is 61.6. The van der Waals surface area contributed by atoms with Crippen LogP contribution in [0.5, 0.6) is 0 Å². The van der Waals surface area contributed by atoms with E-state index in [0.717, 1.165) is 0 Å². The Balaban J connectivity index is 2.78. The second-order valence-electron chi connectivity index (χ2n) is 4.09. The third kappa shape index (κ3) is 5.01. The number of alkyl halides is 3. The minimum Gasteiger partial charge on any atom is -0.478 e. The highest BCUT2D eigenvalue weighted by Gasteiger charge is 2.26. The molecule has 0 aromatic heterocycles. The van der Waals surface area contributed by atoms with Gasteiger partial charge in [-0.1, -0.05) is 0 Å². The van der Waals surface area contributed by atoms with Gasteiger partial charge in [-0.05, 0) is 18.6 Å². The molecular formula is C12H10F5NO3. The van der Waals surface area contributed by atoms with Crippen LogP contribution >= 0.6 is 0 Å². The van der Waals surface area contributed by atoms with Crippen molar-refractivity contribution in [3.63, 3.8) is 0 Å². The van der Waals surface area contributed by atoms with Crippen LogP contribution in [0.1, 0.15) is 33.6 Å². The van der Waals surface area contributed by atoms with Crippen molar-refractivity contribution in [1.29, 1.82) is 0 Å². The second kappa shape index (κ2) is 6.51. The molecule has 0 aliphatic carbocycles. The third-order valence-corrected chi connectivity index (χ3v) is 2.46. The predicted molar refractivity (Wildman–Crippen MR) is 60.9 cm³/mol. The summed E-state index contributed by atoms with van der Waals surface area (Å²) in [6.07, 6.45) is -5.92. The molecule has 4 nitrogen and oxygen atoms in total. The van der Waals surface area contributed by atoms with Crippen molar-refractivity contribution in [2.75, 3.05) is 6.54 Å². The Morgan fingerprint density at radius 2 is 1.62 bits per heavy atom. The number of rotatable bonds is 5. The summed E-state index contributed by atoms with van der Waals surface area (Å²) in [6, 6.07) is 0.722. The molecule has 0 aliphatic rings. The molecule has 1 rings (SSSR count). The number of hydrogen-bond donors (Lipinski definition) is 2. The van der Waals surface area contributed by atoms with Gasteiger partial charge in [-0.15, -0.1) is 0 Å². The highest BCUT2D eigenvalue weighted by Crippen LogP contribution is 2.21. The molecule has 0 saturated carbocycles. The van der Waals surface area contributed by atoms with Crippen LogP contribution in [-0.4, -0.2) is 29.7 Å². The Hall–Kier alpha value is -2.19. The summed E-state index contributed by atoms with van der Waals surface area (Å²) in [6.45, 7) is -0.379. The molecule has 0 bridgehead atoms. The fourth-order valence-electron chi connectivity index (χ4n) is 1.50. The van der Waals surface area contributed by atoms with Gasteiger partial charge in [0.2, 0.25) is 0 Å². The van der Waals surface area contributed by atoms with Gasteiger partial charge in [0.25, 0.3) is 5.91 Å². The minimum atomic E-state index is -4.38. The predicted octanol–water partition coefficient (Wildman–Crippen LogP) is 2.74. The van der Waals surface area contributed by atoms with Gasteiger partial charge < -0.3 is 10.4 Å². The maximum absolute atomic E-state index is 13.0. The molecule has 0 spiro atoms. The van der Waals surface area contributed by atoms with Crippen molar-refractivity contribution >= 4 is 11.9 Å². The van der Waals surface area contributed by atoms with Crippen molar-refractivity contribution in [3.8, 4) is 0 Å². The average Bonchev–Trinajstić information content (AvgIpc) is 2.35. The third-order valence-electron chi connectivity index (χ3n) is 2.46. The van der Waals surface area contributed by atoms with Crippen LogP contribution in [-0.2, 0) is 0 Å². The SMILES string of the molecule is O=C(O)c1cc(F)c(F)cc1C(=O)NCCCC(F)(F)F. The molecule has 0 aliphatic heterocycles. The van der Waals surface area contributed by atoms with Crippen LogP contribution in [0.25, 0.3) is 0 Å². The van der Waals surface area contributed by atoms with Crippen molar-refractivity contribution in [1.82, 2.24) is 5.32 Å². The Morgan fingerprint density at radius 3 is 2.10 bits per heavy atom. The van der Waals surface area contributed by atoms with E-state index in [1.165, 1.54) is 0 Å². The van der Waals surface area contributed by atoms with Crippen LogP contribution in [0.2, 0.25) is 0 Å². The van der Waals surface area contributed by atoms with Crippen LogP contribution < -0.4 is 5.32 Å². The minimum absolute atomic E-state index is 0.336. The van der Waals surface area contributed by atoms with Gasteiger partial charge in [-0.3, -0.25) is 4.79 Å². The molecule has 0 saturated heterocycles. The van der Waals surface area contributed by atoms with E-state index in [0.29, 0.717) is 12.1 Å². The van der Waals surface area contributed by atoms with E-state index in [-0.39, 0.29) is 6.54 Å². The first-order chi connectivity index (χ1) is 9.61. The van der Waals surface area contributed by atoms with E-state index < -0.39 is 53.7 Å². The van der Waals surface area contributed by atoms with Crippen molar-refractivity contribution in [3.05, 3.63) is 34.9 Å². The number of carboxylic acid groups (broad SMARTS) is 1. The van der Waals surface area contributed by atoms with Gasteiger partial charge in [-0.2, -0.15) is 13.2 Å². The molecule has 0 radical (unpaired) electrons. The Labute approximate surface area is 115 Å². The highest BCUT2D eigenvalue weighted by molar-refractivity contribution is 6.04. The van der Waals surface area contributed by atoms with Crippen LogP contribution in [0.15, 0.2) is 12.1 Å². The summed E-state index contributed by atoms with van der Waals surface area (Å²) in [5.41, 5.74) is -1.43. The number of nitrogens with one attached hydrogen (secondary N) is 1. The molecule has 21 heavy (non-hydrogen) atoms. The number of benzene rings is 1. The zero-order chi connectivity index (χ0) is 16.2. The van der Waals surface area contributed by atoms with Gasteiger partial charge in [0.15, 0.2) is 11.6 Å². The van der Waals surface area contributed by atoms with E-state index in [2.05, 4.69) is 0 Å². The van der Waals surface area contributed by atoms with E-state index in [4.69, 9.17) is 5.11 Å². The largest absolute Gasteiger partial charge is 0.478 e. The number of hydrogen-bond acceptors (Lipinski definition) is 2. The van der Waals surface area contributed by atoms with Crippen molar-refractivity contribution in [2.24, 2.45) is 0 Å². The van der Waals surface area contributed by atoms with Gasteiger partial charge in [0.05, 0.1) is 11.1 Å². The zero-order valence-electron chi connectivity index (χ0n) is 10.4. The molecule has 1 aromatic carbocycles. The van der Waals surface area contributed by atoms with Gasteiger partial charge in [0.1, 0.15) is 0 Å². The maximum Gasteiger partial charge on any atom is 0.389 e. The topological polar surface area (TPSA) is 66.4 Å². The maximum atomic E-state index is 13.0. The monoisotopic (exact) mass is 311 g/mol. The Kier molecular flexibility index (Phi) is 5.23. The van der Waals surface area contributed by atoms with Gasteiger partial charge in [0, 0.05) is 13.0 Å². The van der Waals surface area contributed by atoms with Crippen molar-refractivity contribution < 1.29 is 36.6 Å². The van der Waals surface area contributed by atoms with E-state index in [1.54, 1.807) is 0 Å². The zero-order valence-corrected chi connectivity index (χ0v) is 10.4. The van der Waals surface area contributed by atoms with Crippen molar-refractivity contribution in [2.45, 2.75) is 19.0 Å². The quantitative estimate of drug-likeness (QED) is 0.649. The van der Waals surface area contributed by atoms with E-state index in [9.17, 15) is 31.5 Å². The fourth-order valence-corrected chi connectivity index (χ4v) is 1.50. The number of halogens is 5.